The van der Waals surface area contributed by atoms with Crippen molar-refractivity contribution < 1.29 is 12.8 Å². The quantitative estimate of drug-likeness (QED) is 0.919. The van der Waals surface area contributed by atoms with Crippen LogP contribution in [0.2, 0.25) is 5.02 Å². The van der Waals surface area contributed by atoms with E-state index in [9.17, 15) is 8.42 Å². The first-order valence-electron chi connectivity index (χ1n) is 4.97. The standard InChI is InChI=1S/C10H10ClN3O3S/c1-18(15,16)12-6-9-13-14-10(17-9)7-2-4-8(11)5-3-7/h2-5,12H,6H2,1H3. The molecule has 0 bridgehead atoms. The van der Waals surface area contributed by atoms with Gasteiger partial charge in [0.1, 0.15) is 0 Å². The third-order valence-electron chi connectivity index (χ3n) is 2.04. The van der Waals surface area contributed by atoms with E-state index in [0.29, 0.717) is 10.9 Å². The summed E-state index contributed by atoms with van der Waals surface area (Å²) in [6, 6.07) is 6.89. The van der Waals surface area contributed by atoms with Gasteiger partial charge >= 0.3 is 0 Å². The maximum absolute atomic E-state index is 10.9. The maximum atomic E-state index is 10.9. The summed E-state index contributed by atoms with van der Waals surface area (Å²) in [5, 5.41) is 8.17. The lowest BCUT2D eigenvalue weighted by Crippen LogP contribution is -2.21. The van der Waals surface area contributed by atoms with E-state index >= 15 is 0 Å². The van der Waals surface area contributed by atoms with Crippen LogP contribution in [0.5, 0.6) is 0 Å². The highest BCUT2D eigenvalue weighted by molar-refractivity contribution is 7.88. The predicted molar refractivity (Wildman–Crippen MR) is 66.4 cm³/mol. The molecule has 1 aromatic carbocycles. The van der Waals surface area contributed by atoms with Crippen molar-refractivity contribution in [2.45, 2.75) is 6.54 Å². The summed E-state index contributed by atoms with van der Waals surface area (Å²) in [5.41, 5.74) is 0.720. The number of sulfonamides is 1. The Labute approximate surface area is 109 Å². The first-order valence-corrected chi connectivity index (χ1v) is 7.24. The van der Waals surface area contributed by atoms with Crippen molar-refractivity contribution in [2.75, 3.05) is 6.26 Å². The van der Waals surface area contributed by atoms with Gasteiger partial charge < -0.3 is 4.42 Å². The minimum absolute atomic E-state index is 0.0284. The van der Waals surface area contributed by atoms with E-state index in [4.69, 9.17) is 16.0 Å². The molecule has 2 rings (SSSR count). The Kier molecular flexibility index (Phi) is 3.65. The maximum Gasteiger partial charge on any atom is 0.247 e. The van der Waals surface area contributed by atoms with Gasteiger partial charge in [0.15, 0.2) is 0 Å². The Bertz CT molecular complexity index is 637. The molecule has 1 aromatic heterocycles. The fraction of sp³-hybridized carbons (Fsp3) is 0.200. The smallest absolute Gasteiger partial charge is 0.247 e. The number of halogens is 1. The number of hydrogen-bond donors (Lipinski definition) is 1. The second kappa shape index (κ2) is 5.05. The van der Waals surface area contributed by atoms with Gasteiger partial charge in [-0.05, 0) is 24.3 Å². The first kappa shape index (κ1) is 13.0. The number of nitrogens with zero attached hydrogens (tertiary/aromatic N) is 2. The highest BCUT2D eigenvalue weighted by atomic mass is 35.5. The zero-order chi connectivity index (χ0) is 13.2. The predicted octanol–water partition coefficient (Wildman–Crippen LogP) is 1.44. The third kappa shape index (κ3) is 3.52. The van der Waals surface area contributed by atoms with Gasteiger partial charge in [0, 0.05) is 10.6 Å². The number of aromatic nitrogens is 2. The second-order valence-electron chi connectivity index (χ2n) is 3.60. The van der Waals surface area contributed by atoms with Gasteiger partial charge in [0.25, 0.3) is 0 Å². The molecule has 0 aliphatic rings. The van der Waals surface area contributed by atoms with Crippen LogP contribution in [0.4, 0.5) is 0 Å². The Morgan fingerprint density at radius 3 is 2.56 bits per heavy atom. The molecule has 0 aliphatic heterocycles. The average Bonchev–Trinajstić information content (AvgIpc) is 2.75. The Morgan fingerprint density at radius 1 is 1.28 bits per heavy atom. The Balaban J connectivity index is 2.13. The van der Waals surface area contributed by atoms with Crippen LogP contribution >= 0.6 is 11.6 Å². The molecule has 0 amide bonds. The van der Waals surface area contributed by atoms with Crippen LogP contribution in [-0.2, 0) is 16.6 Å². The topological polar surface area (TPSA) is 85.1 Å². The summed E-state index contributed by atoms with van der Waals surface area (Å²) < 4.78 is 29.4. The summed E-state index contributed by atoms with van der Waals surface area (Å²) in [6.07, 6.45) is 1.06. The van der Waals surface area contributed by atoms with E-state index in [0.717, 1.165) is 11.8 Å². The Hall–Kier alpha value is -1.44. The van der Waals surface area contributed by atoms with E-state index in [1.807, 2.05) is 0 Å². The summed E-state index contributed by atoms with van der Waals surface area (Å²) in [5.74, 6) is 0.516. The molecule has 1 N–H and O–H groups in total. The minimum atomic E-state index is -3.28. The van der Waals surface area contributed by atoms with Crippen molar-refractivity contribution in [2.24, 2.45) is 0 Å². The van der Waals surface area contributed by atoms with Crippen molar-refractivity contribution >= 4 is 21.6 Å². The normalized spacial score (nSPS) is 11.7. The van der Waals surface area contributed by atoms with Gasteiger partial charge in [-0.2, -0.15) is 0 Å². The molecule has 2 aromatic rings. The van der Waals surface area contributed by atoms with Crippen LogP contribution in [-0.4, -0.2) is 24.9 Å². The van der Waals surface area contributed by atoms with Crippen LogP contribution in [0.3, 0.4) is 0 Å². The molecule has 0 radical (unpaired) electrons. The molecular formula is C10H10ClN3O3S. The fourth-order valence-electron chi connectivity index (χ4n) is 1.23. The van der Waals surface area contributed by atoms with E-state index in [-0.39, 0.29) is 12.4 Å². The highest BCUT2D eigenvalue weighted by Gasteiger charge is 2.10. The summed E-state index contributed by atoms with van der Waals surface area (Å²) in [4.78, 5) is 0. The molecule has 6 nitrogen and oxygen atoms in total. The molecule has 1 heterocycles. The van der Waals surface area contributed by atoms with E-state index in [2.05, 4.69) is 14.9 Å². The van der Waals surface area contributed by atoms with Gasteiger partial charge in [-0.15, -0.1) is 10.2 Å². The van der Waals surface area contributed by atoms with Gasteiger partial charge in [0.2, 0.25) is 21.8 Å². The molecule has 0 saturated heterocycles. The van der Waals surface area contributed by atoms with Gasteiger partial charge in [-0.25, -0.2) is 13.1 Å². The number of hydrogen-bond acceptors (Lipinski definition) is 5. The molecule has 0 unspecified atom stereocenters. The average molecular weight is 288 g/mol. The van der Waals surface area contributed by atoms with Crippen molar-refractivity contribution in [1.82, 2.24) is 14.9 Å². The fourth-order valence-corrected chi connectivity index (χ4v) is 1.74. The van der Waals surface area contributed by atoms with Crippen molar-refractivity contribution in [1.29, 1.82) is 0 Å². The Morgan fingerprint density at radius 2 is 1.94 bits per heavy atom. The van der Waals surface area contributed by atoms with E-state index in [1.165, 1.54) is 0 Å². The monoisotopic (exact) mass is 287 g/mol. The molecule has 0 spiro atoms. The number of nitrogens with one attached hydrogen (secondary N) is 1. The molecule has 96 valence electrons. The van der Waals surface area contributed by atoms with Crippen LogP contribution < -0.4 is 4.72 Å². The summed E-state index contributed by atoms with van der Waals surface area (Å²) in [7, 11) is -3.28. The lowest BCUT2D eigenvalue weighted by atomic mass is 10.2. The number of rotatable bonds is 4. The highest BCUT2D eigenvalue weighted by Crippen LogP contribution is 2.20. The molecule has 8 heteroatoms. The van der Waals surface area contributed by atoms with E-state index < -0.39 is 10.0 Å². The molecule has 0 saturated carbocycles. The minimum Gasteiger partial charge on any atom is -0.419 e. The largest absolute Gasteiger partial charge is 0.419 e. The molecule has 18 heavy (non-hydrogen) atoms. The van der Waals surface area contributed by atoms with E-state index in [1.54, 1.807) is 24.3 Å². The summed E-state index contributed by atoms with van der Waals surface area (Å²) >= 11 is 5.76. The summed E-state index contributed by atoms with van der Waals surface area (Å²) in [6.45, 7) is -0.0284. The lowest BCUT2D eigenvalue weighted by Gasteiger charge is -1.96. The zero-order valence-corrected chi connectivity index (χ0v) is 11.0. The van der Waals surface area contributed by atoms with Crippen LogP contribution in [0.15, 0.2) is 28.7 Å². The molecule has 0 atom stereocenters. The van der Waals surface area contributed by atoms with Gasteiger partial charge in [-0.3, -0.25) is 0 Å². The van der Waals surface area contributed by atoms with Crippen molar-refractivity contribution in [3.63, 3.8) is 0 Å². The van der Waals surface area contributed by atoms with Crippen molar-refractivity contribution in [3.8, 4) is 11.5 Å². The molecular weight excluding hydrogens is 278 g/mol. The third-order valence-corrected chi connectivity index (χ3v) is 2.96. The zero-order valence-electron chi connectivity index (χ0n) is 9.42. The SMILES string of the molecule is CS(=O)(=O)NCc1nnc(-c2ccc(Cl)cc2)o1. The second-order valence-corrected chi connectivity index (χ2v) is 5.87. The van der Waals surface area contributed by atoms with Gasteiger partial charge in [-0.1, -0.05) is 11.6 Å². The van der Waals surface area contributed by atoms with Crippen LogP contribution in [0.1, 0.15) is 5.89 Å². The van der Waals surface area contributed by atoms with Crippen molar-refractivity contribution in [3.05, 3.63) is 35.2 Å². The van der Waals surface area contributed by atoms with Crippen LogP contribution in [0.25, 0.3) is 11.5 Å². The first-order chi connectivity index (χ1) is 8.44. The van der Waals surface area contributed by atoms with Crippen LogP contribution in [0, 0.1) is 0 Å². The van der Waals surface area contributed by atoms with Gasteiger partial charge in [0.05, 0.1) is 12.8 Å². The lowest BCUT2D eigenvalue weighted by molar-refractivity contribution is 0.495. The molecule has 0 aliphatic carbocycles. The number of benzene rings is 1. The molecule has 0 fully saturated rings.